The average Bonchev–Trinajstić information content (AvgIpc) is 2.64. The van der Waals surface area contributed by atoms with Crippen LogP contribution < -0.4 is 0 Å². The number of nitrogens with zero attached hydrogens (tertiary/aromatic N) is 4. The Balaban J connectivity index is 2.53. The number of aromatic nitrogens is 4. The number of tetrazole rings is 1. The van der Waals surface area contributed by atoms with Gasteiger partial charge in [0.05, 0.1) is 0 Å². The van der Waals surface area contributed by atoms with Crippen molar-refractivity contribution in [2.75, 3.05) is 7.11 Å². The Morgan fingerprint density at radius 2 is 2.40 bits per heavy atom. The fourth-order valence-electron chi connectivity index (χ4n) is 1.15. The molecule has 1 unspecified atom stereocenters. The maximum absolute atomic E-state index is 10.3. The molecule has 0 bridgehead atoms. The van der Waals surface area contributed by atoms with E-state index in [0.29, 0.717) is 18.8 Å². The highest BCUT2D eigenvalue weighted by atomic mass is 16.5. The Morgan fingerprint density at radius 3 is 3.00 bits per heavy atom. The first-order valence-electron chi connectivity index (χ1n) is 4.65. The van der Waals surface area contributed by atoms with Gasteiger partial charge in [0.1, 0.15) is 6.10 Å². The van der Waals surface area contributed by atoms with Crippen LogP contribution in [0.1, 0.15) is 31.7 Å². The summed E-state index contributed by atoms with van der Waals surface area (Å²) in [5, 5.41) is 19.6. The van der Waals surface area contributed by atoms with Crippen LogP contribution in [0.2, 0.25) is 0 Å². The van der Waals surface area contributed by atoms with Gasteiger partial charge in [-0.15, -0.1) is 5.10 Å². The van der Waals surface area contributed by atoms with Crippen molar-refractivity contribution >= 4 is 5.97 Å². The van der Waals surface area contributed by atoms with E-state index >= 15 is 0 Å². The minimum absolute atomic E-state index is 0.112. The maximum Gasteiger partial charge on any atom is 0.303 e. The van der Waals surface area contributed by atoms with Crippen LogP contribution in [0.15, 0.2) is 0 Å². The lowest BCUT2D eigenvalue weighted by Gasteiger charge is -2.08. The van der Waals surface area contributed by atoms with Crippen molar-refractivity contribution in [3.8, 4) is 0 Å². The lowest BCUT2D eigenvalue weighted by atomic mass is 10.3. The molecular weight excluding hydrogens is 200 g/mol. The second-order valence-corrected chi connectivity index (χ2v) is 3.14. The number of carboxylic acids is 1. The van der Waals surface area contributed by atoms with E-state index in [1.54, 1.807) is 11.8 Å². The van der Waals surface area contributed by atoms with Crippen LogP contribution in [-0.4, -0.2) is 38.4 Å². The lowest BCUT2D eigenvalue weighted by Crippen LogP contribution is -2.11. The zero-order valence-corrected chi connectivity index (χ0v) is 8.75. The van der Waals surface area contributed by atoms with Crippen LogP contribution in [0.25, 0.3) is 0 Å². The number of aliphatic carboxylic acids is 1. The predicted octanol–water partition coefficient (Wildman–Crippen LogP) is 0.245. The third-order valence-electron chi connectivity index (χ3n) is 2.04. The molecule has 0 aliphatic carbocycles. The van der Waals surface area contributed by atoms with Crippen LogP contribution >= 0.6 is 0 Å². The lowest BCUT2D eigenvalue weighted by molar-refractivity contribution is -0.137. The van der Waals surface area contributed by atoms with Gasteiger partial charge in [0.25, 0.3) is 0 Å². The molecule has 15 heavy (non-hydrogen) atoms. The zero-order chi connectivity index (χ0) is 11.3. The second kappa shape index (κ2) is 5.40. The Bertz CT molecular complexity index is 325. The van der Waals surface area contributed by atoms with E-state index in [0.717, 1.165) is 0 Å². The Labute approximate surface area is 87.0 Å². The van der Waals surface area contributed by atoms with Crippen LogP contribution in [0, 0.1) is 0 Å². The maximum atomic E-state index is 10.3. The number of aryl methyl sites for hydroxylation is 1. The summed E-state index contributed by atoms with van der Waals surface area (Å²) in [5.74, 6) is -0.202. The minimum atomic E-state index is -0.815. The van der Waals surface area contributed by atoms with Gasteiger partial charge in [0, 0.05) is 20.1 Å². The number of hydrogen-bond acceptors (Lipinski definition) is 5. The number of rotatable bonds is 6. The summed E-state index contributed by atoms with van der Waals surface area (Å²) in [7, 11) is 1.57. The summed E-state index contributed by atoms with van der Waals surface area (Å²) in [6.45, 7) is 2.32. The smallest absolute Gasteiger partial charge is 0.303 e. The zero-order valence-electron chi connectivity index (χ0n) is 8.75. The molecule has 7 heteroatoms. The van der Waals surface area contributed by atoms with Crippen molar-refractivity contribution in [2.45, 2.75) is 32.4 Å². The van der Waals surface area contributed by atoms with Crippen molar-refractivity contribution in [1.29, 1.82) is 0 Å². The van der Waals surface area contributed by atoms with E-state index in [2.05, 4.69) is 15.5 Å². The van der Waals surface area contributed by atoms with E-state index < -0.39 is 5.97 Å². The van der Waals surface area contributed by atoms with E-state index in [9.17, 15) is 4.79 Å². The summed E-state index contributed by atoms with van der Waals surface area (Å²) >= 11 is 0. The standard InChI is InChI=1S/C8H14N4O3/c1-6(15-2)8-9-10-11-12(8)5-3-4-7(13)14/h6H,3-5H2,1-2H3,(H,13,14). The summed E-state index contributed by atoms with van der Waals surface area (Å²) < 4.78 is 6.65. The molecule has 1 N–H and O–H groups in total. The fraction of sp³-hybridized carbons (Fsp3) is 0.750. The predicted molar refractivity (Wildman–Crippen MR) is 50.1 cm³/mol. The van der Waals surface area contributed by atoms with Gasteiger partial charge in [-0.25, -0.2) is 4.68 Å². The monoisotopic (exact) mass is 214 g/mol. The molecule has 1 atom stereocenters. The summed E-state index contributed by atoms with van der Waals surface area (Å²) in [6.07, 6.45) is 0.426. The van der Waals surface area contributed by atoms with Gasteiger partial charge in [0.15, 0.2) is 5.82 Å². The number of carboxylic acid groups (broad SMARTS) is 1. The van der Waals surface area contributed by atoms with Crippen molar-refractivity contribution in [1.82, 2.24) is 20.2 Å². The van der Waals surface area contributed by atoms with E-state index in [1.165, 1.54) is 0 Å². The summed E-state index contributed by atoms with van der Waals surface area (Å²) in [5.41, 5.74) is 0. The molecule has 1 rings (SSSR count). The molecule has 84 valence electrons. The largest absolute Gasteiger partial charge is 0.481 e. The third kappa shape index (κ3) is 3.28. The molecule has 0 fully saturated rings. The Hall–Kier alpha value is -1.50. The molecule has 1 heterocycles. The van der Waals surface area contributed by atoms with Crippen LogP contribution in [0.4, 0.5) is 0 Å². The molecule has 0 aromatic carbocycles. The van der Waals surface area contributed by atoms with Crippen molar-refractivity contribution < 1.29 is 14.6 Å². The van der Waals surface area contributed by atoms with Gasteiger partial charge in [-0.05, 0) is 23.8 Å². The fourth-order valence-corrected chi connectivity index (χ4v) is 1.15. The van der Waals surface area contributed by atoms with Gasteiger partial charge in [-0.3, -0.25) is 4.79 Å². The van der Waals surface area contributed by atoms with Crippen LogP contribution in [0.3, 0.4) is 0 Å². The number of ether oxygens (including phenoxy) is 1. The molecular formula is C8H14N4O3. The minimum Gasteiger partial charge on any atom is -0.481 e. The highest BCUT2D eigenvalue weighted by molar-refractivity contribution is 5.66. The van der Waals surface area contributed by atoms with Crippen molar-refractivity contribution in [3.05, 3.63) is 5.82 Å². The molecule has 0 amide bonds. The second-order valence-electron chi connectivity index (χ2n) is 3.14. The quantitative estimate of drug-likeness (QED) is 0.729. The number of hydrogen-bond donors (Lipinski definition) is 1. The van der Waals surface area contributed by atoms with E-state index in [4.69, 9.17) is 9.84 Å². The molecule has 0 aliphatic rings. The third-order valence-corrected chi connectivity index (χ3v) is 2.04. The van der Waals surface area contributed by atoms with Gasteiger partial charge in [0.2, 0.25) is 0 Å². The van der Waals surface area contributed by atoms with Crippen molar-refractivity contribution in [3.63, 3.8) is 0 Å². The first-order chi connectivity index (χ1) is 7.15. The summed E-state index contributed by atoms with van der Waals surface area (Å²) in [4.78, 5) is 10.3. The Morgan fingerprint density at radius 1 is 1.67 bits per heavy atom. The van der Waals surface area contributed by atoms with Gasteiger partial charge in [-0.1, -0.05) is 0 Å². The highest BCUT2D eigenvalue weighted by Gasteiger charge is 2.13. The molecule has 0 radical (unpaired) electrons. The molecule has 0 saturated heterocycles. The number of carbonyl (C=O) groups is 1. The topological polar surface area (TPSA) is 90.1 Å². The molecule has 0 spiro atoms. The first-order valence-corrected chi connectivity index (χ1v) is 4.65. The van der Waals surface area contributed by atoms with Crippen LogP contribution in [0.5, 0.6) is 0 Å². The molecule has 1 aromatic heterocycles. The van der Waals surface area contributed by atoms with Crippen LogP contribution in [-0.2, 0) is 16.1 Å². The average molecular weight is 214 g/mol. The van der Waals surface area contributed by atoms with Crippen molar-refractivity contribution in [2.24, 2.45) is 0 Å². The normalized spacial score (nSPS) is 12.7. The highest BCUT2D eigenvalue weighted by Crippen LogP contribution is 2.11. The SMILES string of the molecule is COC(C)c1nnnn1CCCC(=O)O. The first kappa shape index (κ1) is 11.6. The summed E-state index contributed by atoms with van der Waals surface area (Å²) in [6, 6.07) is 0. The number of methoxy groups -OCH3 is 1. The molecule has 7 nitrogen and oxygen atoms in total. The van der Waals surface area contributed by atoms with E-state index in [-0.39, 0.29) is 12.5 Å². The van der Waals surface area contributed by atoms with Gasteiger partial charge >= 0.3 is 5.97 Å². The molecule has 1 aromatic rings. The Kier molecular flexibility index (Phi) is 4.17. The molecule has 0 aliphatic heterocycles. The van der Waals surface area contributed by atoms with Gasteiger partial charge in [-0.2, -0.15) is 0 Å². The van der Waals surface area contributed by atoms with E-state index in [1.807, 2.05) is 6.92 Å². The van der Waals surface area contributed by atoms with Gasteiger partial charge < -0.3 is 9.84 Å². The molecule has 0 saturated carbocycles.